The minimum absolute atomic E-state index is 0.119. The molecule has 0 bridgehead atoms. The summed E-state index contributed by atoms with van der Waals surface area (Å²) in [5.41, 5.74) is 3.56. The van der Waals surface area contributed by atoms with Gasteiger partial charge in [0.2, 0.25) is 0 Å². The van der Waals surface area contributed by atoms with Gasteiger partial charge in [-0.15, -0.1) is 0 Å². The number of esters is 3. The Morgan fingerprint density at radius 2 is 1.60 bits per heavy atom. The molecule has 0 saturated heterocycles. The molecule has 0 aliphatic heterocycles. The molecule has 0 heterocycles. The first kappa shape index (κ1) is 31.4. The number of nitrogens with zero attached hydrogens (tertiary/aromatic N) is 1. The van der Waals surface area contributed by atoms with Crippen LogP contribution in [0.4, 0.5) is 5.69 Å². The molecule has 0 aliphatic rings. The second kappa shape index (κ2) is 15.1. The van der Waals surface area contributed by atoms with E-state index in [2.05, 4.69) is 4.99 Å². The summed E-state index contributed by atoms with van der Waals surface area (Å²) in [5, 5.41) is 0.704. The number of halogens is 2. The highest BCUT2D eigenvalue weighted by atomic mass is 35.5. The van der Waals surface area contributed by atoms with Crippen molar-refractivity contribution in [2.75, 3.05) is 6.61 Å². The number of benzene rings is 4. The number of carbonyl (C=O) groups is 3. The molecule has 9 heteroatoms. The molecule has 0 amide bonds. The zero-order chi connectivity index (χ0) is 30.8. The molecule has 4 aromatic rings. The van der Waals surface area contributed by atoms with E-state index < -0.39 is 17.9 Å². The Morgan fingerprint density at radius 1 is 0.860 bits per heavy atom. The van der Waals surface area contributed by atoms with Gasteiger partial charge in [-0.1, -0.05) is 65.2 Å². The Bertz CT molecular complexity index is 1680. The first-order valence-corrected chi connectivity index (χ1v) is 14.0. The van der Waals surface area contributed by atoms with Crippen LogP contribution in [0.5, 0.6) is 5.75 Å². The van der Waals surface area contributed by atoms with E-state index in [-0.39, 0.29) is 16.9 Å². The summed E-state index contributed by atoms with van der Waals surface area (Å²) in [7, 11) is 0. The van der Waals surface area contributed by atoms with Crippen molar-refractivity contribution in [2.24, 2.45) is 4.99 Å². The molecule has 0 fully saturated rings. The van der Waals surface area contributed by atoms with Crippen molar-refractivity contribution in [1.29, 1.82) is 0 Å². The van der Waals surface area contributed by atoms with Crippen molar-refractivity contribution in [3.05, 3.63) is 134 Å². The van der Waals surface area contributed by atoms with Crippen LogP contribution in [0.1, 0.15) is 49.9 Å². The number of aliphatic imine (C=N–C) groups is 1. The van der Waals surface area contributed by atoms with E-state index >= 15 is 0 Å². The van der Waals surface area contributed by atoms with Gasteiger partial charge < -0.3 is 14.2 Å². The summed E-state index contributed by atoms with van der Waals surface area (Å²) < 4.78 is 16.1. The SMILES string of the molecule is CCOCc1ccc(C(=O)OC(=O)c2cccc(C=Nc3ccc(C)cc3)c2OC(=O)C=Cc2ccc(Cl)c(Cl)c2)cc1. The molecule has 0 radical (unpaired) electrons. The fourth-order valence-electron chi connectivity index (χ4n) is 3.78. The second-order valence-electron chi connectivity index (χ2n) is 9.26. The molecule has 0 aromatic heterocycles. The molecule has 4 rings (SSSR count). The highest BCUT2D eigenvalue weighted by molar-refractivity contribution is 6.42. The standard InChI is InChI=1S/C34H27Cl2NO6/c1-3-41-21-24-9-13-25(14-10-24)33(39)43-34(40)28-6-4-5-26(20-37-27-15-7-22(2)8-16-27)32(28)42-31(38)18-12-23-11-17-29(35)30(36)19-23/h4-20H,3,21H2,1-2H3. The number of ether oxygens (including phenoxy) is 3. The van der Waals surface area contributed by atoms with Gasteiger partial charge in [-0.25, -0.2) is 14.4 Å². The molecule has 4 aromatic carbocycles. The van der Waals surface area contributed by atoms with Gasteiger partial charge in [-0.3, -0.25) is 4.99 Å². The molecule has 0 N–H and O–H groups in total. The van der Waals surface area contributed by atoms with Crippen molar-refractivity contribution < 1.29 is 28.6 Å². The van der Waals surface area contributed by atoms with E-state index in [1.54, 1.807) is 54.6 Å². The third-order valence-corrected chi connectivity index (χ3v) is 6.80. The molecule has 43 heavy (non-hydrogen) atoms. The summed E-state index contributed by atoms with van der Waals surface area (Å²) >= 11 is 12.0. The number of hydrogen-bond donors (Lipinski definition) is 0. The lowest BCUT2D eigenvalue weighted by atomic mass is 10.1. The average molecular weight is 616 g/mol. The maximum Gasteiger partial charge on any atom is 0.349 e. The van der Waals surface area contributed by atoms with Crippen LogP contribution in [0.25, 0.3) is 6.08 Å². The summed E-state index contributed by atoms with van der Waals surface area (Å²) in [6, 6.07) is 23.5. The van der Waals surface area contributed by atoms with Gasteiger partial charge in [0.25, 0.3) is 0 Å². The largest absolute Gasteiger partial charge is 0.422 e. The fourth-order valence-corrected chi connectivity index (χ4v) is 4.08. The predicted molar refractivity (Wildman–Crippen MR) is 168 cm³/mol. The Labute approximate surface area is 259 Å². The van der Waals surface area contributed by atoms with Crippen molar-refractivity contribution in [1.82, 2.24) is 0 Å². The van der Waals surface area contributed by atoms with E-state index in [4.69, 9.17) is 37.4 Å². The monoisotopic (exact) mass is 615 g/mol. The van der Waals surface area contributed by atoms with Crippen molar-refractivity contribution in [2.45, 2.75) is 20.5 Å². The van der Waals surface area contributed by atoms with Crippen LogP contribution in [0, 0.1) is 6.92 Å². The van der Waals surface area contributed by atoms with E-state index in [0.29, 0.717) is 40.1 Å². The molecule has 7 nitrogen and oxygen atoms in total. The van der Waals surface area contributed by atoms with Crippen LogP contribution in [0.2, 0.25) is 10.0 Å². The molecular formula is C34H27Cl2NO6. The molecular weight excluding hydrogens is 589 g/mol. The zero-order valence-electron chi connectivity index (χ0n) is 23.4. The maximum atomic E-state index is 13.2. The molecule has 0 atom stereocenters. The lowest BCUT2D eigenvalue weighted by molar-refractivity contribution is -0.128. The normalized spacial score (nSPS) is 11.2. The zero-order valence-corrected chi connectivity index (χ0v) is 24.9. The van der Waals surface area contributed by atoms with Crippen LogP contribution < -0.4 is 4.74 Å². The van der Waals surface area contributed by atoms with Crippen molar-refractivity contribution >= 4 is 59.1 Å². The summed E-state index contributed by atoms with van der Waals surface area (Å²) in [5.74, 6) is -2.76. The number of aryl methyl sites for hydroxylation is 1. The number of carbonyl (C=O) groups excluding carboxylic acids is 3. The van der Waals surface area contributed by atoms with Gasteiger partial charge in [0.05, 0.1) is 27.9 Å². The number of hydrogen-bond acceptors (Lipinski definition) is 7. The minimum atomic E-state index is -0.995. The van der Waals surface area contributed by atoms with Gasteiger partial charge in [0.1, 0.15) is 5.56 Å². The lowest BCUT2D eigenvalue weighted by Gasteiger charge is -2.11. The van der Waals surface area contributed by atoms with Crippen LogP contribution in [-0.2, 0) is 20.9 Å². The summed E-state index contributed by atoms with van der Waals surface area (Å²) in [4.78, 5) is 43.3. The summed E-state index contributed by atoms with van der Waals surface area (Å²) in [6.45, 7) is 4.81. The topological polar surface area (TPSA) is 91.3 Å². The van der Waals surface area contributed by atoms with E-state index in [9.17, 15) is 14.4 Å². The lowest BCUT2D eigenvalue weighted by Crippen LogP contribution is -2.16. The first-order valence-electron chi connectivity index (χ1n) is 13.3. The van der Waals surface area contributed by atoms with Crippen molar-refractivity contribution in [3.8, 4) is 5.75 Å². The Kier molecular flexibility index (Phi) is 11.0. The third-order valence-electron chi connectivity index (χ3n) is 6.06. The Morgan fingerprint density at radius 3 is 2.30 bits per heavy atom. The van der Waals surface area contributed by atoms with Gasteiger partial charge in [-0.05, 0) is 79.6 Å². The second-order valence-corrected chi connectivity index (χ2v) is 10.1. The molecule has 0 unspecified atom stereocenters. The Hall–Kier alpha value is -4.56. The summed E-state index contributed by atoms with van der Waals surface area (Å²) in [6.07, 6.45) is 4.13. The van der Waals surface area contributed by atoms with Crippen LogP contribution in [0.3, 0.4) is 0 Å². The van der Waals surface area contributed by atoms with Crippen LogP contribution >= 0.6 is 23.2 Å². The van der Waals surface area contributed by atoms with Crippen LogP contribution in [-0.4, -0.2) is 30.7 Å². The quantitative estimate of drug-likeness (QED) is 0.0587. The van der Waals surface area contributed by atoms with Gasteiger partial charge in [0.15, 0.2) is 5.75 Å². The smallest absolute Gasteiger partial charge is 0.349 e. The first-order chi connectivity index (χ1) is 20.7. The van der Waals surface area contributed by atoms with Gasteiger partial charge in [0, 0.05) is 24.5 Å². The highest BCUT2D eigenvalue weighted by Crippen LogP contribution is 2.27. The van der Waals surface area contributed by atoms with Gasteiger partial charge in [-0.2, -0.15) is 0 Å². The molecule has 218 valence electrons. The molecule has 0 aliphatic carbocycles. The number of para-hydroxylation sites is 1. The fraction of sp³-hybridized carbons (Fsp3) is 0.118. The van der Waals surface area contributed by atoms with E-state index in [1.165, 1.54) is 24.4 Å². The third kappa shape index (κ3) is 8.96. The van der Waals surface area contributed by atoms with Crippen LogP contribution in [0.15, 0.2) is 96.0 Å². The van der Waals surface area contributed by atoms with Gasteiger partial charge >= 0.3 is 17.9 Å². The molecule has 0 spiro atoms. The highest BCUT2D eigenvalue weighted by Gasteiger charge is 2.22. The number of rotatable bonds is 10. The maximum absolute atomic E-state index is 13.2. The minimum Gasteiger partial charge on any atom is -0.422 e. The van der Waals surface area contributed by atoms with Crippen molar-refractivity contribution in [3.63, 3.8) is 0 Å². The molecule has 0 saturated carbocycles. The predicted octanol–water partition coefficient (Wildman–Crippen LogP) is 8.20. The average Bonchev–Trinajstić information content (AvgIpc) is 3.01. The Balaban J connectivity index is 1.60. The van der Waals surface area contributed by atoms with E-state index in [1.807, 2.05) is 38.1 Å². The van der Waals surface area contributed by atoms with E-state index in [0.717, 1.165) is 11.1 Å².